The van der Waals surface area contributed by atoms with Crippen LogP contribution >= 0.6 is 0 Å². The number of esters is 1. The number of ether oxygens (including phenoxy) is 1. The summed E-state index contributed by atoms with van der Waals surface area (Å²) in [5.41, 5.74) is 6.18. The summed E-state index contributed by atoms with van der Waals surface area (Å²) in [6.45, 7) is 3.70. The van der Waals surface area contributed by atoms with Gasteiger partial charge in [-0.1, -0.05) is 37.3 Å². The molecular weight excluding hydrogens is 252 g/mol. The number of methoxy groups -OCH3 is 1. The van der Waals surface area contributed by atoms with Crippen LogP contribution in [-0.4, -0.2) is 37.1 Å². The Morgan fingerprint density at radius 2 is 2.15 bits per heavy atom. The maximum absolute atomic E-state index is 12.2. The van der Waals surface area contributed by atoms with E-state index in [0.717, 1.165) is 18.5 Å². The van der Waals surface area contributed by atoms with Gasteiger partial charge in [-0.3, -0.25) is 4.90 Å². The van der Waals surface area contributed by atoms with Gasteiger partial charge in [0.15, 0.2) is 5.54 Å². The van der Waals surface area contributed by atoms with E-state index in [9.17, 15) is 4.79 Å². The lowest BCUT2D eigenvalue weighted by molar-refractivity contribution is -0.148. The predicted molar refractivity (Wildman–Crippen MR) is 79.2 cm³/mol. The first-order chi connectivity index (χ1) is 9.61. The molecule has 1 aliphatic heterocycles. The van der Waals surface area contributed by atoms with Crippen molar-refractivity contribution in [1.82, 2.24) is 4.90 Å². The summed E-state index contributed by atoms with van der Waals surface area (Å²) in [5, 5.41) is 0. The second kappa shape index (κ2) is 6.37. The third-order valence-corrected chi connectivity index (χ3v) is 4.26. The average molecular weight is 276 g/mol. The standard InChI is InChI=1S/C16H24N2O2/c1-3-14-10-7-11-18(14)12-16(17,15(19)20-2)13-8-5-4-6-9-13/h4-6,8-9,14H,3,7,10-12,17H2,1-2H3. The van der Waals surface area contributed by atoms with Crippen LogP contribution in [0.4, 0.5) is 0 Å². The molecule has 1 fully saturated rings. The minimum Gasteiger partial charge on any atom is -0.467 e. The Morgan fingerprint density at radius 3 is 2.75 bits per heavy atom. The van der Waals surface area contributed by atoms with Gasteiger partial charge in [0, 0.05) is 12.6 Å². The molecule has 1 aliphatic rings. The van der Waals surface area contributed by atoms with Crippen molar-refractivity contribution in [3.05, 3.63) is 35.9 Å². The molecule has 0 aromatic heterocycles. The quantitative estimate of drug-likeness (QED) is 0.834. The van der Waals surface area contributed by atoms with Crippen LogP contribution in [0.25, 0.3) is 0 Å². The molecule has 0 saturated carbocycles. The van der Waals surface area contributed by atoms with Crippen LogP contribution in [-0.2, 0) is 15.1 Å². The van der Waals surface area contributed by atoms with E-state index in [1.54, 1.807) is 0 Å². The van der Waals surface area contributed by atoms with Crippen molar-refractivity contribution < 1.29 is 9.53 Å². The Kier molecular flexibility index (Phi) is 4.78. The van der Waals surface area contributed by atoms with E-state index in [0.29, 0.717) is 12.6 Å². The van der Waals surface area contributed by atoms with Crippen molar-refractivity contribution in [2.75, 3.05) is 20.2 Å². The number of benzene rings is 1. The van der Waals surface area contributed by atoms with Crippen molar-refractivity contribution in [3.8, 4) is 0 Å². The smallest absolute Gasteiger partial charge is 0.331 e. The molecule has 0 radical (unpaired) electrons. The number of rotatable bonds is 5. The van der Waals surface area contributed by atoms with Crippen molar-refractivity contribution in [1.29, 1.82) is 0 Å². The Balaban J connectivity index is 2.26. The zero-order valence-corrected chi connectivity index (χ0v) is 12.3. The van der Waals surface area contributed by atoms with Crippen molar-refractivity contribution in [2.24, 2.45) is 5.73 Å². The van der Waals surface area contributed by atoms with Crippen LogP contribution in [0.1, 0.15) is 31.7 Å². The van der Waals surface area contributed by atoms with Crippen LogP contribution in [0.2, 0.25) is 0 Å². The third-order valence-electron chi connectivity index (χ3n) is 4.26. The maximum atomic E-state index is 12.2. The van der Waals surface area contributed by atoms with Gasteiger partial charge >= 0.3 is 5.97 Å². The number of carbonyl (C=O) groups is 1. The normalized spacial score (nSPS) is 22.4. The van der Waals surface area contributed by atoms with E-state index in [2.05, 4.69) is 11.8 Å². The van der Waals surface area contributed by atoms with Gasteiger partial charge in [-0.05, 0) is 31.4 Å². The molecular formula is C16H24N2O2. The van der Waals surface area contributed by atoms with Gasteiger partial charge in [-0.2, -0.15) is 0 Å². The first-order valence-electron chi connectivity index (χ1n) is 7.28. The summed E-state index contributed by atoms with van der Waals surface area (Å²) in [6, 6.07) is 10.0. The highest BCUT2D eigenvalue weighted by Gasteiger charge is 2.41. The van der Waals surface area contributed by atoms with E-state index in [4.69, 9.17) is 10.5 Å². The Bertz CT molecular complexity index is 449. The Hall–Kier alpha value is -1.39. The van der Waals surface area contributed by atoms with Crippen molar-refractivity contribution >= 4 is 5.97 Å². The lowest BCUT2D eigenvalue weighted by Crippen LogP contribution is -2.54. The highest BCUT2D eigenvalue weighted by atomic mass is 16.5. The fourth-order valence-electron chi connectivity index (χ4n) is 3.08. The Morgan fingerprint density at radius 1 is 1.45 bits per heavy atom. The molecule has 0 bridgehead atoms. The zero-order chi connectivity index (χ0) is 14.6. The number of hydrogen-bond donors (Lipinski definition) is 1. The molecule has 2 atom stereocenters. The van der Waals surface area contributed by atoms with E-state index >= 15 is 0 Å². The van der Waals surface area contributed by atoms with Gasteiger partial charge in [-0.15, -0.1) is 0 Å². The van der Waals surface area contributed by atoms with Gasteiger partial charge in [0.1, 0.15) is 0 Å². The number of carbonyl (C=O) groups excluding carboxylic acids is 1. The third kappa shape index (κ3) is 2.86. The molecule has 2 unspecified atom stereocenters. The molecule has 1 aromatic carbocycles. The highest BCUT2D eigenvalue weighted by molar-refractivity contribution is 5.82. The van der Waals surface area contributed by atoms with Crippen molar-refractivity contribution in [2.45, 2.75) is 37.8 Å². The first kappa shape index (κ1) is 15.0. The second-order valence-electron chi connectivity index (χ2n) is 5.50. The van der Waals surface area contributed by atoms with Gasteiger partial charge in [0.25, 0.3) is 0 Å². The van der Waals surface area contributed by atoms with Gasteiger partial charge in [0.05, 0.1) is 7.11 Å². The molecule has 2 rings (SSSR count). The lowest BCUT2D eigenvalue weighted by Gasteiger charge is -2.34. The molecule has 0 amide bonds. The number of nitrogens with two attached hydrogens (primary N) is 1. The van der Waals surface area contributed by atoms with E-state index in [-0.39, 0.29) is 5.97 Å². The fraction of sp³-hybridized carbons (Fsp3) is 0.562. The van der Waals surface area contributed by atoms with Gasteiger partial charge in [-0.25, -0.2) is 4.79 Å². The van der Waals surface area contributed by atoms with Crippen LogP contribution in [0.3, 0.4) is 0 Å². The lowest BCUT2D eigenvalue weighted by atomic mass is 9.90. The van der Waals surface area contributed by atoms with Crippen LogP contribution < -0.4 is 5.73 Å². The highest BCUT2D eigenvalue weighted by Crippen LogP contribution is 2.27. The predicted octanol–water partition coefficient (Wildman–Crippen LogP) is 1.89. The number of hydrogen-bond acceptors (Lipinski definition) is 4. The minimum atomic E-state index is -1.09. The molecule has 110 valence electrons. The zero-order valence-electron chi connectivity index (χ0n) is 12.3. The second-order valence-corrected chi connectivity index (χ2v) is 5.50. The molecule has 1 saturated heterocycles. The molecule has 1 heterocycles. The molecule has 2 N–H and O–H groups in total. The minimum absolute atomic E-state index is 0.370. The summed E-state index contributed by atoms with van der Waals surface area (Å²) in [7, 11) is 1.40. The van der Waals surface area contributed by atoms with Crippen LogP contribution in [0, 0.1) is 0 Å². The summed E-state index contributed by atoms with van der Waals surface area (Å²) >= 11 is 0. The molecule has 4 heteroatoms. The fourth-order valence-corrected chi connectivity index (χ4v) is 3.08. The maximum Gasteiger partial charge on any atom is 0.331 e. The summed E-state index contributed by atoms with van der Waals surface area (Å²) < 4.78 is 4.96. The van der Waals surface area contributed by atoms with Gasteiger partial charge < -0.3 is 10.5 Å². The topological polar surface area (TPSA) is 55.6 Å². The van der Waals surface area contributed by atoms with Crippen molar-refractivity contribution in [3.63, 3.8) is 0 Å². The summed E-state index contributed by atoms with van der Waals surface area (Å²) in [6.07, 6.45) is 3.44. The van der Waals surface area contributed by atoms with Crippen LogP contribution in [0.15, 0.2) is 30.3 Å². The summed E-state index contributed by atoms with van der Waals surface area (Å²) in [5.74, 6) is -0.370. The molecule has 4 nitrogen and oxygen atoms in total. The van der Waals surface area contributed by atoms with E-state index < -0.39 is 5.54 Å². The first-order valence-corrected chi connectivity index (χ1v) is 7.28. The molecule has 20 heavy (non-hydrogen) atoms. The Labute approximate surface area is 120 Å². The monoisotopic (exact) mass is 276 g/mol. The van der Waals surface area contributed by atoms with Crippen LogP contribution in [0.5, 0.6) is 0 Å². The SMILES string of the molecule is CCC1CCCN1CC(N)(C(=O)OC)c1ccccc1. The average Bonchev–Trinajstić information content (AvgIpc) is 2.94. The number of likely N-dealkylation sites (tertiary alicyclic amines) is 1. The summed E-state index contributed by atoms with van der Waals surface area (Å²) in [4.78, 5) is 14.6. The van der Waals surface area contributed by atoms with Gasteiger partial charge in [0.2, 0.25) is 0 Å². The van der Waals surface area contributed by atoms with E-state index in [1.165, 1.54) is 20.0 Å². The molecule has 0 aliphatic carbocycles. The molecule has 0 spiro atoms. The largest absolute Gasteiger partial charge is 0.467 e. The molecule has 1 aromatic rings. The number of nitrogens with zero attached hydrogens (tertiary/aromatic N) is 1. The van der Waals surface area contributed by atoms with E-state index in [1.807, 2.05) is 30.3 Å².